The lowest BCUT2D eigenvalue weighted by atomic mass is 9.98. The van der Waals surface area contributed by atoms with Crippen molar-refractivity contribution in [1.82, 2.24) is 0 Å². The molecule has 0 aromatic carbocycles. The lowest BCUT2D eigenvalue weighted by Crippen LogP contribution is -2.11. The van der Waals surface area contributed by atoms with Crippen LogP contribution in [0.3, 0.4) is 0 Å². The SMILES string of the molecule is Cc1cc(C2(CO)CC2)c(C)s1. The number of thiophene rings is 1. The van der Waals surface area contributed by atoms with Crippen LogP contribution in [-0.2, 0) is 5.41 Å². The molecule has 1 aliphatic carbocycles. The van der Waals surface area contributed by atoms with Gasteiger partial charge in [0.2, 0.25) is 0 Å². The second-order valence-electron chi connectivity index (χ2n) is 3.77. The van der Waals surface area contributed by atoms with Crippen LogP contribution in [0.25, 0.3) is 0 Å². The first-order valence-corrected chi connectivity index (χ1v) is 5.18. The molecule has 0 radical (unpaired) electrons. The minimum absolute atomic E-state index is 0.162. The third-order valence-electron chi connectivity index (χ3n) is 2.77. The Morgan fingerprint density at radius 1 is 1.50 bits per heavy atom. The number of aliphatic hydroxyl groups is 1. The summed E-state index contributed by atoms with van der Waals surface area (Å²) in [7, 11) is 0. The van der Waals surface area contributed by atoms with Gasteiger partial charge in [0.1, 0.15) is 0 Å². The lowest BCUT2D eigenvalue weighted by molar-refractivity contribution is 0.255. The maximum atomic E-state index is 9.25. The van der Waals surface area contributed by atoms with Crippen LogP contribution in [0.4, 0.5) is 0 Å². The van der Waals surface area contributed by atoms with E-state index in [9.17, 15) is 5.11 Å². The second-order valence-corrected chi connectivity index (χ2v) is 5.23. The van der Waals surface area contributed by atoms with Crippen molar-refractivity contribution in [2.24, 2.45) is 0 Å². The second kappa shape index (κ2) is 2.57. The fourth-order valence-corrected chi connectivity index (χ4v) is 2.87. The summed E-state index contributed by atoms with van der Waals surface area (Å²) in [6.07, 6.45) is 2.33. The molecule has 1 N–H and O–H groups in total. The predicted molar refractivity (Wildman–Crippen MR) is 51.8 cm³/mol. The van der Waals surface area contributed by atoms with Crippen LogP contribution in [0.2, 0.25) is 0 Å². The molecule has 12 heavy (non-hydrogen) atoms. The van der Waals surface area contributed by atoms with Crippen LogP contribution in [-0.4, -0.2) is 11.7 Å². The van der Waals surface area contributed by atoms with E-state index in [-0.39, 0.29) is 5.41 Å². The molecule has 2 rings (SSSR count). The van der Waals surface area contributed by atoms with Gasteiger partial charge >= 0.3 is 0 Å². The van der Waals surface area contributed by atoms with Crippen molar-refractivity contribution in [3.05, 3.63) is 21.4 Å². The summed E-state index contributed by atoms with van der Waals surface area (Å²) >= 11 is 1.84. The Hall–Kier alpha value is -0.340. The van der Waals surface area contributed by atoms with E-state index in [2.05, 4.69) is 19.9 Å². The van der Waals surface area contributed by atoms with Gasteiger partial charge in [-0.1, -0.05) is 0 Å². The van der Waals surface area contributed by atoms with Crippen molar-refractivity contribution in [1.29, 1.82) is 0 Å². The van der Waals surface area contributed by atoms with E-state index in [0.29, 0.717) is 6.61 Å². The van der Waals surface area contributed by atoms with Crippen molar-refractivity contribution in [2.45, 2.75) is 32.1 Å². The zero-order chi connectivity index (χ0) is 8.77. The van der Waals surface area contributed by atoms with Crippen molar-refractivity contribution in [2.75, 3.05) is 6.61 Å². The molecule has 1 aromatic rings. The molecule has 1 heterocycles. The van der Waals surface area contributed by atoms with Crippen LogP contribution in [0.15, 0.2) is 6.07 Å². The van der Waals surface area contributed by atoms with Gasteiger partial charge in [-0.3, -0.25) is 0 Å². The Bertz CT molecular complexity index is 297. The molecule has 0 bridgehead atoms. The molecule has 1 aliphatic rings. The van der Waals surface area contributed by atoms with Gasteiger partial charge in [0.05, 0.1) is 6.61 Å². The highest BCUT2D eigenvalue weighted by Gasteiger charge is 2.45. The Morgan fingerprint density at radius 2 is 2.17 bits per heavy atom. The molecular formula is C10H14OS. The quantitative estimate of drug-likeness (QED) is 0.744. The summed E-state index contributed by atoms with van der Waals surface area (Å²) in [4.78, 5) is 2.75. The molecule has 0 unspecified atom stereocenters. The Labute approximate surface area is 77.0 Å². The minimum atomic E-state index is 0.162. The standard InChI is InChI=1S/C10H14OS/c1-7-5-9(8(2)12-7)10(6-11)3-4-10/h5,11H,3-4,6H2,1-2H3. The van der Waals surface area contributed by atoms with Gasteiger partial charge in [-0.15, -0.1) is 11.3 Å². The summed E-state index contributed by atoms with van der Waals surface area (Å²) in [5, 5.41) is 9.25. The topological polar surface area (TPSA) is 20.2 Å². The fraction of sp³-hybridized carbons (Fsp3) is 0.600. The van der Waals surface area contributed by atoms with E-state index in [1.165, 1.54) is 28.2 Å². The molecule has 1 fully saturated rings. The summed E-state index contributed by atoms with van der Waals surface area (Å²) < 4.78 is 0. The van der Waals surface area contributed by atoms with Gasteiger partial charge in [0.15, 0.2) is 0 Å². The summed E-state index contributed by atoms with van der Waals surface area (Å²) in [5.74, 6) is 0. The first kappa shape index (κ1) is 8.27. The largest absolute Gasteiger partial charge is 0.395 e. The molecule has 1 nitrogen and oxygen atoms in total. The van der Waals surface area contributed by atoms with Crippen LogP contribution in [0, 0.1) is 13.8 Å². The Morgan fingerprint density at radius 3 is 2.50 bits per heavy atom. The molecule has 0 aliphatic heterocycles. The molecule has 1 aromatic heterocycles. The lowest BCUT2D eigenvalue weighted by Gasteiger charge is -2.10. The third kappa shape index (κ3) is 1.10. The fourth-order valence-electron chi connectivity index (χ4n) is 1.82. The van der Waals surface area contributed by atoms with Crippen molar-refractivity contribution in [3.8, 4) is 0 Å². The predicted octanol–water partition coefficient (Wildman–Crippen LogP) is 2.39. The molecule has 0 spiro atoms. The van der Waals surface area contributed by atoms with Crippen LogP contribution in [0.5, 0.6) is 0 Å². The first-order chi connectivity index (χ1) is 5.68. The maximum absolute atomic E-state index is 9.25. The molecule has 1 saturated carbocycles. The maximum Gasteiger partial charge on any atom is 0.0528 e. The molecule has 0 atom stereocenters. The monoisotopic (exact) mass is 182 g/mol. The van der Waals surface area contributed by atoms with E-state index in [1.807, 2.05) is 11.3 Å². The zero-order valence-electron chi connectivity index (χ0n) is 7.55. The number of hydrogen-bond acceptors (Lipinski definition) is 2. The number of aliphatic hydroxyl groups excluding tert-OH is 1. The van der Waals surface area contributed by atoms with Gasteiger partial charge in [-0.05, 0) is 38.3 Å². The molecule has 0 saturated heterocycles. The first-order valence-electron chi connectivity index (χ1n) is 4.36. The summed E-state index contributed by atoms with van der Waals surface area (Å²) in [6, 6.07) is 2.24. The summed E-state index contributed by atoms with van der Waals surface area (Å²) in [6.45, 7) is 4.61. The number of rotatable bonds is 2. The van der Waals surface area contributed by atoms with E-state index in [0.717, 1.165) is 0 Å². The van der Waals surface area contributed by atoms with Crippen LogP contribution < -0.4 is 0 Å². The van der Waals surface area contributed by atoms with Crippen LogP contribution >= 0.6 is 11.3 Å². The van der Waals surface area contributed by atoms with E-state index in [4.69, 9.17) is 0 Å². The zero-order valence-corrected chi connectivity index (χ0v) is 8.37. The van der Waals surface area contributed by atoms with E-state index in [1.54, 1.807) is 0 Å². The van der Waals surface area contributed by atoms with Gasteiger partial charge in [-0.2, -0.15) is 0 Å². The Balaban J connectivity index is 2.39. The highest BCUT2D eigenvalue weighted by atomic mass is 32.1. The molecule has 0 amide bonds. The number of aryl methyl sites for hydroxylation is 2. The van der Waals surface area contributed by atoms with Gasteiger partial charge in [-0.25, -0.2) is 0 Å². The van der Waals surface area contributed by atoms with Crippen molar-refractivity contribution < 1.29 is 5.11 Å². The average molecular weight is 182 g/mol. The molecule has 66 valence electrons. The smallest absolute Gasteiger partial charge is 0.0528 e. The minimum Gasteiger partial charge on any atom is -0.395 e. The van der Waals surface area contributed by atoms with Crippen molar-refractivity contribution >= 4 is 11.3 Å². The molecular weight excluding hydrogens is 168 g/mol. The van der Waals surface area contributed by atoms with E-state index >= 15 is 0 Å². The number of hydrogen-bond donors (Lipinski definition) is 1. The van der Waals surface area contributed by atoms with Crippen molar-refractivity contribution in [3.63, 3.8) is 0 Å². The van der Waals surface area contributed by atoms with Gasteiger partial charge in [0.25, 0.3) is 0 Å². The van der Waals surface area contributed by atoms with Gasteiger partial charge < -0.3 is 5.11 Å². The van der Waals surface area contributed by atoms with E-state index < -0.39 is 0 Å². The summed E-state index contributed by atoms with van der Waals surface area (Å²) in [5.41, 5.74) is 1.56. The van der Waals surface area contributed by atoms with Gasteiger partial charge in [0, 0.05) is 15.2 Å². The normalized spacial score (nSPS) is 19.6. The third-order valence-corrected chi connectivity index (χ3v) is 3.73. The Kier molecular flexibility index (Phi) is 1.77. The highest BCUT2D eigenvalue weighted by Crippen LogP contribution is 2.50. The average Bonchev–Trinajstić information content (AvgIpc) is 2.74. The molecule has 2 heteroatoms. The van der Waals surface area contributed by atoms with Crippen LogP contribution in [0.1, 0.15) is 28.2 Å². The highest BCUT2D eigenvalue weighted by molar-refractivity contribution is 7.12.